The summed E-state index contributed by atoms with van der Waals surface area (Å²) >= 11 is 0. The number of hydrogen-bond acceptors (Lipinski definition) is 0. The molecule has 1 rings (SSSR count). The molecule has 0 aromatic rings. The topological polar surface area (TPSA) is 0 Å². The van der Waals surface area contributed by atoms with Gasteiger partial charge in [-0.25, -0.2) is 8.78 Å². The lowest BCUT2D eigenvalue weighted by Crippen LogP contribution is -2.75. The van der Waals surface area contributed by atoms with Crippen LogP contribution in [0.5, 0.6) is 0 Å². The van der Waals surface area contributed by atoms with Gasteiger partial charge in [0.1, 0.15) is 0 Å². The third-order valence-corrected chi connectivity index (χ3v) is 2.18. The van der Waals surface area contributed by atoms with Crippen LogP contribution in [0.25, 0.3) is 0 Å². The predicted molar refractivity (Wildman–Crippen MR) is 29.6 cm³/mol. The summed E-state index contributed by atoms with van der Waals surface area (Å²) in [4.78, 5) is 0. The van der Waals surface area contributed by atoms with Gasteiger partial charge in [-0.05, 0) is 0 Å². The molecule has 0 aromatic heterocycles. The highest BCUT2D eigenvalue weighted by Gasteiger charge is 2.90. The average Bonchev–Trinajstić information content (AvgIpc) is 2.12. The van der Waals surface area contributed by atoms with Crippen molar-refractivity contribution in [3.63, 3.8) is 0 Å². The molecule has 0 radical (unpaired) electrons. The molecule has 0 spiro atoms. The van der Waals surface area contributed by atoms with Gasteiger partial charge in [-0.15, -0.1) is 0 Å². The minimum atomic E-state index is -6.68. The lowest BCUT2D eigenvalue weighted by atomic mass is 9.83. The number of halogens is 10. The van der Waals surface area contributed by atoms with E-state index in [1.54, 1.807) is 0 Å². The Morgan fingerprint density at radius 1 is 0.500 bits per heavy atom. The first kappa shape index (κ1) is 13.4. The molecule has 0 bridgehead atoms. The molecule has 10 heteroatoms. The van der Waals surface area contributed by atoms with Crippen LogP contribution in [0.1, 0.15) is 0 Å². The molecule has 0 N–H and O–H groups in total. The molecular weight excluding hydrogens is 262 g/mol. The van der Waals surface area contributed by atoms with Crippen LogP contribution in [0.15, 0.2) is 0 Å². The van der Waals surface area contributed by atoms with E-state index in [0.717, 1.165) is 0 Å². The maximum Gasteiger partial charge on any atom is 0.381 e. The van der Waals surface area contributed by atoms with Gasteiger partial charge in [0.25, 0.3) is 0 Å². The van der Waals surface area contributed by atoms with Crippen LogP contribution in [-0.4, -0.2) is 36.0 Å². The molecule has 0 heterocycles. The fourth-order valence-corrected chi connectivity index (χ4v) is 1.13. The van der Waals surface area contributed by atoms with Gasteiger partial charge in [0.15, 0.2) is 0 Å². The van der Waals surface area contributed by atoms with Crippen LogP contribution in [0.4, 0.5) is 43.9 Å². The van der Waals surface area contributed by atoms with E-state index in [-0.39, 0.29) is 0 Å². The van der Waals surface area contributed by atoms with Crippen molar-refractivity contribution in [3.8, 4) is 0 Å². The molecule has 1 aliphatic rings. The van der Waals surface area contributed by atoms with Crippen LogP contribution in [-0.2, 0) is 0 Å². The Bertz CT molecular complexity index is 264. The minimum absolute atomic E-state index is 4.71. The van der Waals surface area contributed by atoms with Crippen molar-refractivity contribution in [1.29, 1.82) is 0 Å². The Labute approximate surface area is 81.2 Å². The Balaban J connectivity index is 3.42. The first-order valence-electron chi connectivity index (χ1n) is 3.61. The van der Waals surface area contributed by atoms with E-state index in [9.17, 15) is 43.9 Å². The normalized spacial score (nSPS) is 39.4. The highest BCUT2D eigenvalue weighted by molar-refractivity contribution is 5.16. The van der Waals surface area contributed by atoms with Gasteiger partial charge in [-0.2, -0.15) is 35.1 Å². The fourth-order valence-electron chi connectivity index (χ4n) is 1.13. The van der Waals surface area contributed by atoms with Crippen LogP contribution >= 0.6 is 0 Å². The second kappa shape index (κ2) is 2.95. The average molecular weight is 264 g/mol. The van der Waals surface area contributed by atoms with Crippen LogP contribution in [0.2, 0.25) is 0 Å². The standard InChI is InChI=1S/C6H2F10/c7-1-2(8)4(11,12)6(15,16)5(13,14)3(1,9)10/h1-2H. The van der Waals surface area contributed by atoms with Crippen molar-refractivity contribution in [3.05, 3.63) is 0 Å². The lowest BCUT2D eigenvalue weighted by molar-refractivity contribution is -0.421. The van der Waals surface area contributed by atoms with E-state index in [2.05, 4.69) is 0 Å². The van der Waals surface area contributed by atoms with E-state index in [1.165, 1.54) is 0 Å². The second-order valence-corrected chi connectivity index (χ2v) is 3.20. The maximum atomic E-state index is 12.3. The molecule has 0 amide bonds. The van der Waals surface area contributed by atoms with Crippen molar-refractivity contribution in [2.24, 2.45) is 0 Å². The molecule has 0 saturated heterocycles. The zero-order chi connectivity index (χ0) is 13.2. The molecule has 2 atom stereocenters. The fraction of sp³-hybridized carbons (Fsp3) is 1.00. The van der Waals surface area contributed by atoms with Crippen LogP contribution in [0.3, 0.4) is 0 Å². The number of alkyl halides is 10. The van der Waals surface area contributed by atoms with E-state index in [1.807, 2.05) is 0 Å². The maximum absolute atomic E-state index is 12.3. The van der Waals surface area contributed by atoms with Gasteiger partial charge in [0, 0.05) is 0 Å². The SMILES string of the molecule is FC1C(F)C(F)(F)C(F)(F)C(F)(F)C1(F)F. The smallest absolute Gasteiger partial charge is 0.237 e. The summed E-state index contributed by atoms with van der Waals surface area (Å²) in [6.07, 6.45) is -9.42. The first-order chi connectivity index (χ1) is 6.82. The van der Waals surface area contributed by atoms with Gasteiger partial charge in [-0.1, -0.05) is 0 Å². The molecule has 0 aromatic carbocycles. The summed E-state index contributed by atoms with van der Waals surface area (Å²) in [5.41, 5.74) is 0. The van der Waals surface area contributed by atoms with E-state index in [0.29, 0.717) is 0 Å². The van der Waals surface area contributed by atoms with Crippen molar-refractivity contribution < 1.29 is 43.9 Å². The van der Waals surface area contributed by atoms with Gasteiger partial charge in [-0.3, -0.25) is 0 Å². The Kier molecular flexibility index (Phi) is 2.46. The summed E-state index contributed by atoms with van der Waals surface area (Å²) in [6.45, 7) is 0. The Hall–Kier alpha value is -0.700. The Morgan fingerprint density at radius 3 is 0.875 bits per heavy atom. The molecule has 0 aliphatic heterocycles. The predicted octanol–water partition coefficient (Wildman–Crippen LogP) is 3.22. The lowest BCUT2D eigenvalue weighted by Gasteiger charge is -2.44. The third-order valence-electron chi connectivity index (χ3n) is 2.18. The summed E-state index contributed by atoms with van der Waals surface area (Å²) in [5, 5.41) is 0. The van der Waals surface area contributed by atoms with Gasteiger partial charge >= 0.3 is 23.7 Å². The monoisotopic (exact) mass is 264 g/mol. The van der Waals surface area contributed by atoms with Gasteiger partial charge in [0.2, 0.25) is 12.3 Å². The van der Waals surface area contributed by atoms with Crippen molar-refractivity contribution in [1.82, 2.24) is 0 Å². The molecule has 16 heavy (non-hydrogen) atoms. The summed E-state index contributed by atoms with van der Waals surface area (Å²) in [6, 6.07) is 0. The van der Waals surface area contributed by atoms with Crippen LogP contribution < -0.4 is 0 Å². The molecule has 2 unspecified atom stereocenters. The van der Waals surface area contributed by atoms with Gasteiger partial charge < -0.3 is 0 Å². The number of hydrogen-bond donors (Lipinski definition) is 0. The van der Waals surface area contributed by atoms with Crippen molar-refractivity contribution >= 4 is 0 Å². The molecule has 1 fully saturated rings. The molecule has 1 saturated carbocycles. The summed E-state index contributed by atoms with van der Waals surface area (Å²) in [7, 11) is 0. The van der Waals surface area contributed by atoms with Crippen molar-refractivity contribution in [2.45, 2.75) is 36.0 Å². The number of rotatable bonds is 0. The molecular formula is C6H2F10. The zero-order valence-corrected chi connectivity index (χ0v) is 6.93. The molecule has 0 nitrogen and oxygen atoms in total. The Morgan fingerprint density at radius 2 is 0.688 bits per heavy atom. The van der Waals surface area contributed by atoms with Crippen molar-refractivity contribution in [2.75, 3.05) is 0 Å². The third kappa shape index (κ3) is 1.12. The van der Waals surface area contributed by atoms with E-state index >= 15 is 0 Å². The summed E-state index contributed by atoms with van der Waals surface area (Å²) in [5.74, 6) is -25.8. The largest absolute Gasteiger partial charge is 0.381 e. The van der Waals surface area contributed by atoms with E-state index < -0.39 is 36.0 Å². The summed E-state index contributed by atoms with van der Waals surface area (Å²) < 4.78 is 123. The zero-order valence-electron chi connectivity index (χ0n) is 6.93. The second-order valence-electron chi connectivity index (χ2n) is 3.20. The highest BCUT2D eigenvalue weighted by atomic mass is 19.4. The first-order valence-corrected chi connectivity index (χ1v) is 3.61. The van der Waals surface area contributed by atoms with Gasteiger partial charge in [0.05, 0.1) is 0 Å². The molecule has 96 valence electrons. The quantitative estimate of drug-likeness (QED) is 0.589. The van der Waals surface area contributed by atoms with E-state index in [4.69, 9.17) is 0 Å². The molecule has 1 aliphatic carbocycles. The van der Waals surface area contributed by atoms with Crippen LogP contribution in [0, 0.1) is 0 Å². The minimum Gasteiger partial charge on any atom is -0.237 e. The highest BCUT2D eigenvalue weighted by Crippen LogP contribution is 2.61.